The summed E-state index contributed by atoms with van der Waals surface area (Å²) in [7, 11) is 2.15. The molecule has 0 rings (SSSR count). The van der Waals surface area contributed by atoms with Gasteiger partial charge in [0, 0.05) is 25.2 Å². The molecule has 3 heteroatoms. The highest BCUT2D eigenvalue weighted by Crippen LogP contribution is 2.19. The van der Waals surface area contributed by atoms with Gasteiger partial charge in [0.25, 0.3) is 0 Å². The van der Waals surface area contributed by atoms with Gasteiger partial charge in [-0.1, -0.05) is 26.2 Å². The van der Waals surface area contributed by atoms with Crippen molar-refractivity contribution in [1.82, 2.24) is 4.90 Å². The zero-order valence-corrected chi connectivity index (χ0v) is 11.6. The topological polar surface area (TPSA) is 38.5 Å². The van der Waals surface area contributed by atoms with Crippen molar-refractivity contribution in [2.75, 3.05) is 33.4 Å². The largest absolute Gasteiger partial charge is 0.380 e. The van der Waals surface area contributed by atoms with Gasteiger partial charge in [0.2, 0.25) is 0 Å². The van der Waals surface area contributed by atoms with Gasteiger partial charge in [-0.2, -0.15) is 0 Å². The second-order valence-corrected chi connectivity index (χ2v) is 4.78. The summed E-state index contributed by atoms with van der Waals surface area (Å²) in [5.41, 5.74) is 6.04. The van der Waals surface area contributed by atoms with Gasteiger partial charge in [-0.15, -0.1) is 0 Å². The average molecular weight is 230 g/mol. The van der Waals surface area contributed by atoms with E-state index in [2.05, 4.69) is 25.8 Å². The van der Waals surface area contributed by atoms with Crippen molar-refractivity contribution in [2.24, 2.45) is 5.73 Å². The van der Waals surface area contributed by atoms with Gasteiger partial charge < -0.3 is 10.5 Å². The zero-order valence-electron chi connectivity index (χ0n) is 11.6. The molecule has 0 saturated carbocycles. The van der Waals surface area contributed by atoms with Crippen molar-refractivity contribution >= 4 is 0 Å². The number of hydrogen-bond acceptors (Lipinski definition) is 3. The summed E-state index contributed by atoms with van der Waals surface area (Å²) >= 11 is 0. The minimum atomic E-state index is 0.131. The summed E-state index contributed by atoms with van der Waals surface area (Å²) in [5, 5.41) is 0. The molecule has 0 aromatic carbocycles. The van der Waals surface area contributed by atoms with Gasteiger partial charge >= 0.3 is 0 Å². The number of hydrogen-bond donors (Lipinski definition) is 1. The summed E-state index contributed by atoms with van der Waals surface area (Å²) in [5.74, 6) is 0. The second-order valence-electron chi connectivity index (χ2n) is 4.78. The van der Waals surface area contributed by atoms with Crippen LogP contribution in [0.5, 0.6) is 0 Å². The van der Waals surface area contributed by atoms with Crippen LogP contribution in [0.4, 0.5) is 0 Å². The Hall–Kier alpha value is -0.120. The normalized spacial score (nSPS) is 15.4. The lowest BCUT2D eigenvalue weighted by molar-refractivity contribution is 0.0705. The molecule has 0 heterocycles. The summed E-state index contributed by atoms with van der Waals surface area (Å²) < 4.78 is 5.39. The molecule has 0 spiro atoms. The molecule has 16 heavy (non-hydrogen) atoms. The van der Waals surface area contributed by atoms with Crippen LogP contribution < -0.4 is 5.73 Å². The standard InChI is InChI=1S/C13H30N2O/c1-5-7-8-9-13(3,12-14)15(4)10-11-16-6-2/h5-12,14H2,1-4H3. The molecule has 0 radical (unpaired) electrons. The maximum atomic E-state index is 5.91. The Balaban J connectivity index is 3.99. The molecular formula is C13H30N2O. The SMILES string of the molecule is CCCCCC(C)(CN)N(C)CCOCC. The van der Waals surface area contributed by atoms with Gasteiger partial charge in [0.1, 0.15) is 0 Å². The fraction of sp³-hybridized carbons (Fsp3) is 1.00. The summed E-state index contributed by atoms with van der Waals surface area (Å²) in [6.07, 6.45) is 5.02. The summed E-state index contributed by atoms with van der Waals surface area (Å²) in [6, 6.07) is 0. The van der Waals surface area contributed by atoms with E-state index in [9.17, 15) is 0 Å². The van der Waals surface area contributed by atoms with Crippen molar-refractivity contribution in [1.29, 1.82) is 0 Å². The van der Waals surface area contributed by atoms with Crippen molar-refractivity contribution < 1.29 is 4.74 Å². The van der Waals surface area contributed by atoms with E-state index in [1.54, 1.807) is 0 Å². The van der Waals surface area contributed by atoms with Crippen LogP contribution in [-0.2, 0) is 4.74 Å². The van der Waals surface area contributed by atoms with E-state index in [4.69, 9.17) is 10.5 Å². The third-order valence-electron chi connectivity index (χ3n) is 3.46. The van der Waals surface area contributed by atoms with Crippen molar-refractivity contribution in [3.63, 3.8) is 0 Å². The van der Waals surface area contributed by atoms with Crippen LogP contribution in [0.2, 0.25) is 0 Å². The van der Waals surface area contributed by atoms with Crippen LogP contribution in [-0.4, -0.2) is 43.8 Å². The first kappa shape index (κ1) is 15.9. The molecule has 0 aliphatic carbocycles. The molecule has 0 aromatic rings. The van der Waals surface area contributed by atoms with E-state index in [0.29, 0.717) is 0 Å². The average Bonchev–Trinajstić information content (AvgIpc) is 2.29. The van der Waals surface area contributed by atoms with Gasteiger partial charge in [0.05, 0.1) is 6.61 Å². The van der Waals surface area contributed by atoms with E-state index >= 15 is 0 Å². The summed E-state index contributed by atoms with van der Waals surface area (Å²) in [6.45, 7) is 9.81. The molecule has 0 saturated heterocycles. The van der Waals surface area contributed by atoms with E-state index in [1.165, 1.54) is 25.7 Å². The maximum absolute atomic E-state index is 5.91. The van der Waals surface area contributed by atoms with Crippen LogP contribution in [0.15, 0.2) is 0 Å². The van der Waals surface area contributed by atoms with E-state index < -0.39 is 0 Å². The van der Waals surface area contributed by atoms with Gasteiger partial charge in [-0.25, -0.2) is 0 Å². The molecule has 98 valence electrons. The Bertz CT molecular complexity index is 164. The molecular weight excluding hydrogens is 200 g/mol. The first-order valence-corrected chi connectivity index (χ1v) is 6.59. The molecule has 2 N–H and O–H groups in total. The molecule has 0 aliphatic rings. The van der Waals surface area contributed by atoms with E-state index in [1.807, 2.05) is 6.92 Å². The molecule has 0 bridgehead atoms. The molecule has 0 aromatic heterocycles. The van der Waals surface area contributed by atoms with Gasteiger partial charge in [-0.05, 0) is 27.3 Å². The molecule has 3 nitrogen and oxygen atoms in total. The monoisotopic (exact) mass is 230 g/mol. The minimum Gasteiger partial charge on any atom is -0.380 e. The van der Waals surface area contributed by atoms with Crippen LogP contribution in [0, 0.1) is 0 Å². The highest BCUT2D eigenvalue weighted by molar-refractivity contribution is 4.85. The number of rotatable bonds is 10. The van der Waals surface area contributed by atoms with Crippen LogP contribution in [0.25, 0.3) is 0 Å². The number of nitrogens with two attached hydrogens (primary N) is 1. The van der Waals surface area contributed by atoms with Gasteiger partial charge in [0.15, 0.2) is 0 Å². The maximum Gasteiger partial charge on any atom is 0.0593 e. The van der Waals surface area contributed by atoms with Crippen molar-refractivity contribution in [3.8, 4) is 0 Å². The summed E-state index contributed by atoms with van der Waals surface area (Å²) in [4.78, 5) is 2.35. The first-order valence-electron chi connectivity index (χ1n) is 6.59. The quantitative estimate of drug-likeness (QED) is 0.585. The molecule has 0 amide bonds. The highest BCUT2D eigenvalue weighted by atomic mass is 16.5. The number of likely N-dealkylation sites (N-methyl/N-ethyl adjacent to an activating group) is 1. The highest BCUT2D eigenvalue weighted by Gasteiger charge is 2.26. The zero-order chi connectivity index (χ0) is 12.4. The second kappa shape index (κ2) is 8.97. The fourth-order valence-corrected chi connectivity index (χ4v) is 1.82. The molecule has 1 unspecified atom stereocenters. The van der Waals surface area contributed by atoms with Crippen LogP contribution >= 0.6 is 0 Å². The molecule has 0 fully saturated rings. The lowest BCUT2D eigenvalue weighted by Crippen LogP contribution is -2.50. The third-order valence-corrected chi connectivity index (χ3v) is 3.46. The Morgan fingerprint density at radius 2 is 1.94 bits per heavy atom. The Morgan fingerprint density at radius 1 is 1.25 bits per heavy atom. The minimum absolute atomic E-state index is 0.131. The number of ether oxygens (including phenoxy) is 1. The number of nitrogens with zero attached hydrogens (tertiary/aromatic N) is 1. The van der Waals surface area contributed by atoms with Crippen LogP contribution in [0.1, 0.15) is 46.5 Å². The Labute approximate surface area is 101 Å². The van der Waals surface area contributed by atoms with E-state index in [0.717, 1.165) is 26.3 Å². The lowest BCUT2D eigenvalue weighted by atomic mass is 9.93. The smallest absolute Gasteiger partial charge is 0.0593 e. The molecule has 0 aliphatic heterocycles. The predicted octanol–water partition coefficient (Wildman–Crippen LogP) is 2.25. The third kappa shape index (κ3) is 5.83. The Kier molecular flexibility index (Phi) is 8.90. The Morgan fingerprint density at radius 3 is 2.44 bits per heavy atom. The fourth-order valence-electron chi connectivity index (χ4n) is 1.82. The van der Waals surface area contributed by atoms with Crippen molar-refractivity contribution in [2.45, 2.75) is 52.0 Å². The van der Waals surface area contributed by atoms with Crippen molar-refractivity contribution in [3.05, 3.63) is 0 Å². The number of unbranched alkanes of at least 4 members (excludes halogenated alkanes) is 2. The predicted molar refractivity (Wildman–Crippen MR) is 70.7 cm³/mol. The first-order chi connectivity index (χ1) is 7.60. The van der Waals surface area contributed by atoms with Gasteiger partial charge in [-0.3, -0.25) is 4.90 Å². The lowest BCUT2D eigenvalue weighted by Gasteiger charge is -2.38. The van der Waals surface area contributed by atoms with E-state index in [-0.39, 0.29) is 5.54 Å². The molecule has 1 atom stereocenters. The van der Waals surface area contributed by atoms with Crippen LogP contribution in [0.3, 0.4) is 0 Å².